The van der Waals surface area contributed by atoms with Gasteiger partial charge in [0.15, 0.2) is 0 Å². The van der Waals surface area contributed by atoms with E-state index in [4.69, 9.17) is 9.47 Å². The van der Waals surface area contributed by atoms with Crippen LogP contribution in [0.5, 0.6) is 0 Å². The Bertz CT molecular complexity index is 819. The van der Waals surface area contributed by atoms with Crippen LogP contribution in [0.2, 0.25) is 0 Å². The molecule has 0 saturated carbocycles. The molecule has 148 valence electrons. The lowest BCUT2D eigenvalue weighted by Gasteiger charge is -2.30. The van der Waals surface area contributed by atoms with E-state index in [1.54, 1.807) is 18.2 Å². The average molecular weight is 383 g/mol. The van der Waals surface area contributed by atoms with Crippen molar-refractivity contribution in [2.75, 3.05) is 55.5 Å². The zero-order chi connectivity index (χ0) is 19.8. The van der Waals surface area contributed by atoms with Gasteiger partial charge in [0.2, 0.25) is 5.91 Å². The fourth-order valence-electron chi connectivity index (χ4n) is 3.07. The van der Waals surface area contributed by atoms with Gasteiger partial charge in [0, 0.05) is 31.7 Å². The van der Waals surface area contributed by atoms with E-state index >= 15 is 0 Å². The molecule has 0 aromatic heterocycles. The van der Waals surface area contributed by atoms with Gasteiger partial charge in [-0.1, -0.05) is 18.2 Å². The summed E-state index contributed by atoms with van der Waals surface area (Å²) >= 11 is 0. The van der Waals surface area contributed by atoms with Crippen LogP contribution in [0.25, 0.3) is 0 Å². The van der Waals surface area contributed by atoms with E-state index < -0.39 is 0 Å². The van der Waals surface area contributed by atoms with Crippen LogP contribution in [0.4, 0.5) is 17.1 Å². The number of rotatable bonds is 7. The van der Waals surface area contributed by atoms with Crippen molar-refractivity contribution in [1.29, 1.82) is 0 Å². The molecule has 1 fully saturated rings. The van der Waals surface area contributed by atoms with Crippen molar-refractivity contribution >= 4 is 28.9 Å². The largest absolute Gasteiger partial charge is 0.465 e. The number of benzene rings is 2. The standard InChI is InChI=1S/C21H25N3O4/c1-27-21(26)16-5-4-6-17(15-16)22-10-9-20(25)23-18-7-2-3-8-19(18)24-11-13-28-14-12-24/h2-8,15,22H,9-14H2,1H3,(H,23,25). The first-order valence-corrected chi connectivity index (χ1v) is 9.31. The summed E-state index contributed by atoms with van der Waals surface area (Å²) < 4.78 is 10.1. The van der Waals surface area contributed by atoms with Crippen LogP contribution in [-0.4, -0.2) is 51.8 Å². The van der Waals surface area contributed by atoms with E-state index in [-0.39, 0.29) is 11.9 Å². The van der Waals surface area contributed by atoms with Gasteiger partial charge in [0.25, 0.3) is 0 Å². The summed E-state index contributed by atoms with van der Waals surface area (Å²) in [5.74, 6) is -0.460. The highest BCUT2D eigenvalue weighted by Gasteiger charge is 2.15. The summed E-state index contributed by atoms with van der Waals surface area (Å²) in [6.45, 7) is 3.46. The highest BCUT2D eigenvalue weighted by atomic mass is 16.5. The van der Waals surface area contributed by atoms with Crippen molar-refractivity contribution in [2.45, 2.75) is 6.42 Å². The number of carbonyl (C=O) groups is 2. The number of nitrogens with one attached hydrogen (secondary N) is 2. The summed E-state index contributed by atoms with van der Waals surface area (Å²) in [5.41, 5.74) is 3.06. The smallest absolute Gasteiger partial charge is 0.337 e. The molecule has 0 atom stereocenters. The van der Waals surface area contributed by atoms with E-state index in [1.165, 1.54) is 7.11 Å². The molecule has 1 amide bonds. The Hall–Kier alpha value is -3.06. The van der Waals surface area contributed by atoms with Crippen LogP contribution in [0.15, 0.2) is 48.5 Å². The van der Waals surface area contributed by atoms with Crippen LogP contribution < -0.4 is 15.5 Å². The Morgan fingerprint density at radius 1 is 1.11 bits per heavy atom. The normalized spacial score (nSPS) is 13.7. The second-order valence-electron chi connectivity index (χ2n) is 6.41. The predicted octanol–water partition coefficient (Wildman–Crippen LogP) is 2.75. The minimum absolute atomic E-state index is 0.0719. The number of morpholine rings is 1. The number of methoxy groups -OCH3 is 1. The molecule has 1 aliphatic rings. The Labute approximate surface area is 164 Å². The molecule has 0 radical (unpaired) electrons. The SMILES string of the molecule is COC(=O)c1cccc(NCCC(=O)Nc2ccccc2N2CCOCC2)c1. The average Bonchev–Trinajstić information content (AvgIpc) is 2.74. The minimum atomic E-state index is -0.388. The monoisotopic (exact) mass is 383 g/mol. The molecule has 0 bridgehead atoms. The Morgan fingerprint density at radius 3 is 2.68 bits per heavy atom. The maximum Gasteiger partial charge on any atom is 0.337 e. The highest BCUT2D eigenvalue weighted by molar-refractivity contribution is 5.94. The zero-order valence-corrected chi connectivity index (χ0v) is 15.9. The van der Waals surface area contributed by atoms with Crippen molar-refractivity contribution in [2.24, 2.45) is 0 Å². The zero-order valence-electron chi connectivity index (χ0n) is 15.9. The summed E-state index contributed by atoms with van der Waals surface area (Å²) in [5, 5.41) is 6.16. The number of esters is 1. The number of para-hydroxylation sites is 2. The van der Waals surface area contributed by atoms with Gasteiger partial charge in [-0.2, -0.15) is 0 Å². The number of hydrogen-bond donors (Lipinski definition) is 2. The summed E-state index contributed by atoms with van der Waals surface area (Å²) in [7, 11) is 1.35. The molecule has 1 saturated heterocycles. The van der Waals surface area contributed by atoms with Crippen molar-refractivity contribution in [3.63, 3.8) is 0 Å². The maximum atomic E-state index is 12.4. The molecule has 28 heavy (non-hydrogen) atoms. The van der Waals surface area contributed by atoms with Crippen molar-refractivity contribution in [3.8, 4) is 0 Å². The van der Waals surface area contributed by atoms with Crippen molar-refractivity contribution < 1.29 is 19.1 Å². The summed E-state index contributed by atoms with van der Waals surface area (Å²) in [6.07, 6.45) is 0.305. The molecule has 1 aliphatic heterocycles. The van der Waals surface area contributed by atoms with Gasteiger partial charge in [-0.15, -0.1) is 0 Å². The van der Waals surface area contributed by atoms with Gasteiger partial charge in [0.05, 0.1) is 37.3 Å². The fourth-order valence-corrected chi connectivity index (χ4v) is 3.07. The molecular weight excluding hydrogens is 358 g/mol. The van der Waals surface area contributed by atoms with Gasteiger partial charge >= 0.3 is 5.97 Å². The van der Waals surface area contributed by atoms with E-state index in [1.807, 2.05) is 30.3 Å². The van der Waals surface area contributed by atoms with Gasteiger partial charge in [0.1, 0.15) is 0 Å². The molecule has 7 nitrogen and oxygen atoms in total. The third kappa shape index (κ3) is 5.23. The van der Waals surface area contributed by atoms with Gasteiger partial charge < -0.3 is 25.0 Å². The van der Waals surface area contributed by atoms with Crippen molar-refractivity contribution in [3.05, 3.63) is 54.1 Å². The predicted molar refractivity (Wildman–Crippen MR) is 109 cm³/mol. The van der Waals surface area contributed by atoms with E-state index in [0.717, 1.165) is 30.2 Å². The molecule has 2 N–H and O–H groups in total. The topological polar surface area (TPSA) is 79.9 Å². The third-order valence-electron chi connectivity index (χ3n) is 4.49. The van der Waals surface area contributed by atoms with E-state index in [2.05, 4.69) is 15.5 Å². The summed E-state index contributed by atoms with van der Waals surface area (Å²) in [4.78, 5) is 26.2. The Kier molecular flexibility index (Phi) is 6.86. The lowest BCUT2D eigenvalue weighted by atomic mass is 10.2. The molecule has 2 aromatic carbocycles. The highest BCUT2D eigenvalue weighted by Crippen LogP contribution is 2.26. The second kappa shape index (κ2) is 9.75. The van der Waals surface area contributed by atoms with Crippen LogP contribution in [0.3, 0.4) is 0 Å². The van der Waals surface area contributed by atoms with Crippen LogP contribution in [0, 0.1) is 0 Å². The van der Waals surface area contributed by atoms with Crippen LogP contribution in [0.1, 0.15) is 16.8 Å². The lowest BCUT2D eigenvalue weighted by Crippen LogP contribution is -2.36. The lowest BCUT2D eigenvalue weighted by molar-refractivity contribution is -0.115. The molecule has 1 heterocycles. The first-order valence-electron chi connectivity index (χ1n) is 9.31. The molecule has 0 spiro atoms. The molecule has 2 aromatic rings. The number of nitrogens with zero attached hydrogens (tertiary/aromatic N) is 1. The van der Waals surface area contributed by atoms with Gasteiger partial charge in [-0.25, -0.2) is 4.79 Å². The summed E-state index contributed by atoms with van der Waals surface area (Å²) in [6, 6.07) is 14.8. The number of hydrogen-bond acceptors (Lipinski definition) is 6. The maximum absolute atomic E-state index is 12.4. The quantitative estimate of drug-likeness (QED) is 0.716. The number of amides is 1. The van der Waals surface area contributed by atoms with Gasteiger partial charge in [-0.3, -0.25) is 4.79 Å². The van der Waals surface area contributed by atoms with E-state index in [0.29, 0.717) is 31.7 Å². The molecule has 0 aliphatic carbocycles. The first kappa shape index (κ1) is 19.7. The number of carbonyl (C=O) groups excluding carboxylic acids is 2. The Morgan fingerprint density at radius 2 is 1.89 bits per heavy atom. The Balaban J connectivity index is 1.53. The number of ether oxygens (including phenoxy) is 2. The van der Waals surface area contributed by atoms with Gasteiger partial charge in [-0.05, 0) is 30.3 Å². The third-order valence-corrected chi connectivity index (χ3v) is 4.49. The number of anilines is 3. The van der Waals surface area contributed by atoms with E-state index in [9.17, 15) is 9.59 Å². The minimum Gasteiger partial charge on any atom is -0.465 e. The fraction of sp³-hybridized carbons (Fsp3) is 0.333. The first-order chi connectivity index (χ1) is 13.7. The van der Waals surface area contributed by atoms with Crippen LogP contribution in [-0.2, 0) is 14.3 Å². The molecule has 0 unspecified atom stereocenters. The van der Waals surface area contributed by atoms with Crippen molar-refractivity contribution in [1.82, 2.24) is 0 Å². The molecule has 3 rings (SSSR count). The molecule has 7 heteroatoms. The second-order valence-corrected chi connectivity index (χ2v) is 6.41. The molecular formula is C21H25N3O4. The van der Waals surface area contributed by atoms with Crippen LogP contribution >= 0.6 is 0 Å².